The van der Waals surface area contributed by atoms with Gasteiger partial charge in [-0.1, -0.05) is 99.1 Å². The third-order valence-electron chi connectivity index (χ3n) is 6.81. The van der Waals surface area contributed by atoms with Crippen LogP contribution < -0.4 is 5.32 Å². The van der Waals surface area contributed by atoms with E-state index in [2.05, 4.69) is 43.4 Å². The number of carbonyl (C=O) groups excluding carboxylic acids is 2. The number of carbonyl (C=O) groups is 2. The minimum Gasteiger partial charge on any atom is -0.352 e. The van der Waals surface area contributed by atoms with E-state index in [4.69, 9.17) is 11.6 Å². The quantitative estimate of drug-likeness (QED) is 0.282. The molecule has 5 heteroatoms. The van der Waals surface area contributed by atoms with Gasteiger partial charge in [-0.05, 0) is 60.1 Å². The van der Waals surface area contributed by atoms with Crippen LogP contribution in [0.2, 0.25) is 5.02 Å². The summed E-state index contributed by atoms with van der Waals surface area (Å²) in [6, 6.07) is 25.2. The van der Waals surface area contributed by atoms with Crippen molar-refractivity contribution in [2.75, 3.05) is 0 Å². The van der Waals surface area contributed by atoms with Crippen LogP contribution in [0, 0.1) is 0 Å². The summed E-state index contributed by atoms with van der Waals surface area (Å²) in [4.78, 5) is 29.1. The Labute approximate surface area is 227 Å². The van der Waals surface area contributed by atoms with Gasteiger partial charge < -0.3 is 10.2 Å². The molecule has 0 aliphatic rings. The van der Waals surface area contributed by atoms with Crippen LogP contribution >= 0.6 is 11.6 Å². The summed E-state index contributed by atoms with van der Waals surface area (Å²) in [6.45, 7) is 8.71. The van der Waals surface area contributed by atoms with Gasteiger partial charge in [0, 0.05) is 30.5 Å². The van der Waals surface area contributed by atoms with Crippen LogP contribution in [0.1, 0.15) is 68.7 Å². The molecule has 0 spiro atoms. The minimum absolute atomic E-state index is 0.0257. The first-order valence-electron chi connectivity index (χ1n) is 13.2. The summed E-state index contributed by atoms with van der Waals surface area (Å²) in [6.07, 6.45) is 2.22. The third-order valence-corrected chi connectivity index (χ3v) is 7.06. The number of hydrogen-bond acceptors (Lipinski definition) is 2. The number of amides is 2. The van der Waals surface area contributed by atoms with E-state index in [1.807, 2.05) is 68.4 Å². The van der Waals surface area contributed by atoms with E-state index in [1.165, 1.54) is 5.56 Å². The molecule has 0 radical (unpaired) electrons. The maximum absolute atomic E-state index is 13.8. The SMILES string of the molecule is CC[C@H](C)NC(=O)[C@@H](Cc1ccccc1)N(Cc1ccc(Cl)cc1)C(=O)CCc1ccc(C(C)C)cc1. The monoisotopic (exact) mass is 518 g/mol. The highest BCUT2D eigenvalue weighted by atomic mass is 35.5. The number of aryl methyl sites for hydroxylation is 1. The van der Waals surface area contributed by atoms with E-state index in [0.29, 0.717) is 36.7 Å². The second-order valence-electron chi connectivity index (χ2n) is 10.1. The number of nitrogens with zero attached hydrogens (tertiary/aromatic N) is 1. The Kier molecular flexibility index (Phi) is 10.8. The Morgan fingerprint density at radius 3 is 2.05 bits per heavy atom. The summed E-state index contributed by atoms with van der Waals surface area (Å²) >= 11 is 6.11. The van der Waals surface area contributed by atoms with Crippen molar-refractivity contribution in [3.05, 3.63) is 106 Å². The molecule has 0 aliphatic carbocycles. The average molecular weight is 519 g/mol. The molecule has 3 aromatic rings. The van der Waals surface area contributed by atoms with Crippen molar-refractivity contribution in [3.63, 3.8) is 0 Å². The smallest absolute Gasteiger partial charge is 0.243 e. The average Bonchev–Trinajstić information content (AvgIpc) is 2.91. The summed E-state index contributed by atoms with van der Waals surface area (Å²) < 4.78 is 0. The fourth-order valence-electron chi connectivity index (χ4n) is 4.25. The van der Waals surface area contributed by atoms with Crippen LogP contribution in [-0.4, -0.2) is 28.8 Å². The van der Waals surface area contributed by atoms with E-state index in [9.17, 15) is 9.59 Å². The molecule has 196 valence electrons. The summed E-state index contributed by atoms with van der Waals surface area (Å²) in [5.74, 6) is 0.304. The Morgan fingerprint density at radius 1 is 0.838 bits per heavy atom. The topological polar surface area (TPSA) is 49.4 Å². The van der Waals surface area contributed by atoms with Gasteiger partial charge in [0.2, 0.25) is 11.8 Å². The second-order valence-corrected chi connectivity index (χ2v) is 10.5. The van der Waals surface area contributed by atoms with Crippen LogP contribution in [0.4, 0.5) is 0 Å². The zero-order chi connectivity index (χ0) is 26.8. The zero-order valence-corrected chi connectivity index (χ0v) is 23.2. The summed E-state index contributed by atoms with van der Waals surface area (Å²) in [5.41, 5.74) is 4.36. The standard InChI is InChI=1S/C32H39ClN2O2/c1-5-24(4)34-32(37)30(21-26-9-7-6-8-10-26)35(22-27-13-18-29(33)19-14-27)31(36)20-15-25-11-16-28(17-12-25)23(2)3/h6-14,16-19,23-24,30H,5,15,20-22H2,1-4H3,(H,34,37)/t24-,30+/m0/s1. The molecule has 2 amide bonds. The lowest BCUT2D eigenvalue weighted by atomic mass is 9.99. The van der Waals surface area contributed by atoms with Gasteiger partial charge in [0.05, 0.1) is 0 Å². The Bertz CT molecular complexity index is 1130. The van der Waals surface area contributed by atoms with Crippen molar-refractivity contribution in [2.24, 2.45) is 0 Å². The number of rotatable bonds is 12. The fourth-order valence-corrected chi connectivity index (χ4v) is 4.37. The Morgan fingerprint density at radius 2 is 1.46 bits per heavy atom. The highest BCUT2D eigenvalue weighted by molar-refractivity contribution is 6.30. The highest BCUT2D eigenvalue weighted by Gasteiger charge is 2.30. The normalized spacial score (nSPS) is 12.7. The molecule has 0 saturated carbocycles. The van der Waals surface area contributed by atoms with Gasteiger partial charge >= 0.3 is 0 Å². The van der Waals surface area contributed by atoms with Gasteiger partial charge in [-0.25, -0.2) is 0 Å². The van der Waals surface area contributed by atoms with Gasteiger partial charge in [0.1, 0.15) is 6.04 Å². The van der Waals surface area contributed by atoms with E-state index >= 15 is 0 Å². The highest BCUT2D eigenvalue weighted by Crippen LogP contribution is 2.20. The van der Waals surface area contributed by atoms with E-state index in [-0.39, 0.29) is 17.9 Å². The van der Waals surface area contributed by atoms with Crippen LogP contribution in [0.3, 0.4) is 0 Å². The molecule has 0 unspecified atom stereocenters. The molecule has 0 saturated heterocycles. The number of hydrogen-bond donors (Lipinski definition) is 1. The largest absolute Gasteiger partial charge is 0.352 e. The lowest BCUT2D eigenvalue weighted by Crippen LogP contribution is -2.52. The Hall–Kier alpha value is -3.11. The van der Waals surface area contributed by atoms with E-state index in [1.54, 1.807) is 4.90 Å². The number of halogens is 1. The molecule has 1 N–H and O–H groups in total. The molecular weight excluding hydrogens is 480 g/mol. The van der Waals surface area contributed by atoms with Crippen molar-refractivity contribution in [2.45, 2.75) is 77.9 Å². The molecule has 2 atom stereocenters. The molecule has 37 heavy (non-hydrogen) atoms. The maximum atomic E-state index is 13.8. The lowest BCUT2D eigenvalue weighted by Gasteiger charge is -2.32. The Balaban J connectivity index is 1.88. The van der Waals surface area contributed by atoms with Crippen molar-refractivity contribution in [1.29, 1.82) is 0 Å². The van der Waals surface area contributed by atoms with Crippen molar-refractivity contribution in [1.82, 2.24) is 10.2 Å². The molecule has 3 rings (SSSR count). The van der Waals surface area contributed by atoms with Crippen molar-refractivity contribution >= 4 is 23.4 Å². The fraction of sp³-hybridized carbons (Fsp3) is 0.375. The van der Waals surface area contributed by atoms with Gasteiger partial charge in [-0.15, -0.1) is 0 Å². The van der Waals surface area contributed by atoms with Crippen LogP contribution in [0.5, 0.6) is 0 Å². The summed E-state index contributed by atoms with van der Waals surface area (Å²) in [7, 11) is 0. The first kappa shape index (κ1) is 28.5. The van der Waals surface area contributed by atoms with Gasteiger partial charge in [0.25, 0.3) is 0 Å². The predicted molar refractivity (Wildman–Crippen MR) is 153 cm³/mol. The summed E-state index contributed by atoms with van der Waals surface area (Å²) in [5, 5.41) is 3.76. The molecule has 3 aromatic carbocycles. The van der Waals surface area contributed by atoms with Crippen LogP contribution in [0.15, 0.2) is 78.9 Å². The first-order chi connectivity index (χ1) is 17.8. The van der Waals surface area contributed by atoms with Crippen LogP contribution in [-0.2, 0) is 29.0 Å². The third kappa shape index (κ3) is 8.75. The van der Waals surface area contributed by atoms with Gasteiger partial charge in [-0.3, -0.25) is 9.59 Å². The van der Waals surface area contributed by atoms with E-state index in [0.717, 1.165) is 23.1 Å². The first-order valence-corrected chi connectivity index (χ1v) is 13.6. The van der Waals surface area contributed by atoms with Crippen LogP contribution in [0.25, 0.3) is 0 Å². The lowest BCUT2D eigenvalue weighted by molar-refractivity contribution is -0.141. The molecule has 4 nitrogen and oxygen atoms in total. The van der Waals surface area contributed by atoms with E-state index < -0.39 is 6.04 Å². The molecular formula is C32H39ClN2O2. The molecule has 0 fully saturated rings. The van der Waals surface area contributed by atoms with Gasteiger partial charge in [-0.2, -0.15) is 0 Å². The number of nitrogens with one attached hydrogen (secondary N) is 1. The molecule has 0 aliphatic heterocycles. The minimum atomic E-state index is -0.622. The number of benzene rings is 3. The van der Waals surface area contributed by atoms with Gasteiger partial charge in [0.15, 0.2) is 0 Å². The second kappa shape index (κ2) is 14.0. The molecule has 0 heterocycles. The molecule has 0 bridgehead atoms. The van der Waals surface area contributed by atoms with Crippen molar-refractivity contribution in [3.8, 4) is 0 Å². The van der Waals surface area contributed by atoms with Crippen molar-refractivity contribution < 1.29 is 9.59 Å². The predicted octanol–water partition coefficient (Wildman–Crippen LogP) is 6.95. The maximum Gasteiger partial charge on any atom is 0.243 e. The molecule has 0 aromatic heterocycles. The zero-order valence-electron chi connectivity index (χ0n) is 22.4.